The van der Waals surface area contributed by atoms with Crippen molar-refractivity contribution in [3.63, 3.8) is 0 Å². The van der Waals surface area contributed by atoms with E-state index in [0.717, 1.165) is 6.42 Å². The average molecular weight is 477 g/mol. The zero-order chi connectivity index (χ0) is 23.4. The number of likely N-dealkylation sites (tertiary alicyclic amines) is 1. The van der Waals surface area contributed by atoms with Gasteiger partial charge in [0.05, 0.1) is 24.0 Å². The minimum atomic E-state index is -1.10. The Morgan fingerprint density at radius 2 is 2.18 bits per heavy atom. The smallest absolute Gasteiger partial charge is 0.353 e. The Hall–Kier alpha value is -2.51. The number of carbonyl (C=O) groups is 3. The van der Waals surface area contributed by atoms with E-state index in [0.29, 0.717) is 31.0 Å². The number of fused-ring (bicyclic) bond motifs is 1. The highest BCUT2D eigenvalue weighted by Crippen LogP contribution is 2.53. The molecule has 0 unspecified atom stereocenters. The maximum atomic E-state index is 13.0. The van der Waals surface area contributed by atoms with Crippen molar-refractivity contribution in [2.24, 2.45) is 17.6 Å². The van der Waals surface area contributed by atoms with Gasteiger partial charge in [-0.3, -0.25) is 9.59 Å². The molecule has 0 aliphatic carbocycles. The number of aliphatic carboxylic acids is 1. The van der Waals surface area contributed by atoms with Crippen LogP contribution in [0.15, 0.2) is 16.9 Å². The second-order valence-electron chi connectivity index (χ2n) is 9.33. The molecule has 2 amide bonds. The SMILES string of the molecule is C[C@H]([C@H]1C(=O)N2C(C(=O)O)=C(S[C@@H]3CN[C@H](C(=O)N4CC[C@@H](N)C4)C3)[C@H](C)[C@H]12)n1cnnn1. The molecule has 0 saturated carbocycles. The zero-order valence-corrected chi connectivity index (χ0v) is 19.3. The highest BCUT2D eigenvalue weighted by Gasteiger charge is 2.61. The third-order valence-corrected chi connectivity index (χ3v) is 8.82. The van der Waals surface area contributed by atoms with Gasteiger partial charge in [0.25, 0.3) is 0 Å². The first kappa shape index (κ1) is 22.3. The van der Waals surface area contributed by atoms with Crippen LogP contribution in [0.2, 0.25) is 0 Å². The third kappa shape index (κ3) is 3.62. The van der Waals surface area contributed by atoms with Crippen LogP contribution in [-0.2, 0) is 14.4 Å². The number of amides is 2. The molecule has 4 aliphatic heterocycles. The monoisotopic (exact) mass is 476 g/mol. The van der Waals surface area contributed by atoms with Gasteiger partial charge in [-0.1, -0.05) is 6.92 Å². The molecule has 0 bridgehead atoms. The first-order chi connectivity index (χ1) is 15.8. The average Bonchev–Trinajstić information content (AvgIpc) is 3.56. The first-order valence-electron chi connectivity index (χ1n) is 11.2. The maximum Gasteiger partial charge on any atom is 0.353 e. The highest BCUT2D eigenvalue weighted by atomic mass is 32.2. The Morgan fingerprint density at radius 3 is 2.82 bits per heavy atom. The van der Waals surface area contributed by atoms with Crippen molar-refractivity contribution in [1.29, 1.82) is 0 Å². The molecule has 5 rings (SSSR count). The normalized spacial score (nSPS) is 34.6. The van der Waals surface area contributed by atoms with Crippen molar-refractivity contribution in [1.82, 2.24) is 35.3 Å². The molecule has 13 heteroatoms. The fraction of sp³-hybridized carbons (Fsp3) is 0.700. The summed E-state index contributed by atoms with van der Waals surface area (Å²) >= 11 is 1.48. The molecular weight excluding hydrogens is 448 g/mol. The van der Waals surface area contributed by atoms with Crippen molar-refractivity contribution < 1.29 is 19.5 Å². The van der Waals surface area contributed by atoms with E-state index in [-0.39, 0.29) is 52.8 Å². The molecule has 12 nitrogen and oxygen atoms in total. The Morgan fingerprint density at radius 1 is 1.39 bits per heavy atom. The molecule has 1 aromatic heterocycles. The molecular formula is C20H28N8O4S. The standard InChI is InChI=1S/C20H28N8O4S/c1-9-15-14(10(2)27-8-23-24-25-27)19(30)28(15)16(20(31)32)17(9)33-12-5-13(22-6-12)18(29)26-4-3-11(21)7-26/h8-15,22H,3-7,21H2,1-2H3,(H,31,32)/t9-,10-,11-,12+,13+,14-,15-/m1/s1. The molecule has 3 fully saturated rings. The van der Waals surface area contributed by atoms with E-state index in [2.05, 4.69) is 20.8 Å². The minimum Gasteiger partial charge on any atom is -0.477 e. The van der Waals surface area contributed by atoms with Crippen LogP contribution in [0.25, 0.3) is 0 Å². The largest absolute Gasteiger partial charge is 0.477 e. The number of carboxylic acids is 1. The van der Waals surface area contributed by atoms with Crippen molar-refractivity contribution >= 4 is 29.5 Å². The van der Waals surface area contributed by atoms with Gasteiger partial charge < -0.3 is 26.0 Å². The molecule has 33 heavy (non-hydrogen) atoms. The molecule has 4 N–H and O–H groups in total. The minimum absolute atomic E-state index is 0.0360. The van der Waals surface area contributed by atoms with Gasteiger partial charge in [0, 0.05) is 41.7 Å². The van der Waals surface area contributed by atoms with Crippen LogP contribution in [0.5, 0.6) is 0 Å². The number of nitrogens with zero attached hydrogens (tertiary/aromatic N) is 6. The lowest BCUT2D eigenvalue weighted by molar-refractivity contribution is -0.159. The van der Waals surface area contributed by atoms with Crippen molar-refractivity contribution in [3.05, 3.63) is 16.9 Å². The third-order valence-electron chi connectivity index (χ3n) is 7.31. The van der Waals surface area contributed by atoms with Crippen LogP contribution in [0.4, 0.5) is 0 Å². The van der Waals surface area contributed by atoms with Gasteiger partial charge in [0.15, 0.2) is 0 Å². The second kappa shape index (κ2) is 8.37. The number of carbonyl (C=O) groups excluding carboxylic acids is 2. The molecule has 7 atom stereocenters. The quantitative estimate of drug-likeness (QED) is 0.436. The zero-order valence-electron chi connectivity index (χ0n) is 18.5. The summed E-state index contributed by atoms with van der Waals surface area (Å²) < 4.78 is 1.54. The molecule has 178 valence electrons. The summed E-state index contributed by atoms with van der Waals surface area (Å²) in [5, 5.41) is 24.5. The summed E-state index contributed by atoms with van der Waals surface area (Å²) in [5.74, 6) is -1.78. The van der Waals surface area contributed by atoms with Crippen LogP contribution in [-0.4, -0.2) is 95.9 Å². The summed E-state index contributed by atoms with van der Waals surface area (Å²) in [6.45, 7) is 5.71. The van der Waals surface area contributed by atoms with E-state index in [1.165, 1.54) is 23.0 Å². The number of rotatable bonds is 6. The summed E-state index contributed by atoms with van der Waals surface area (Å²) in [5.41, 5.74) is 6.01. The van der Waals surface area contributed by atoms with E-state index in [4.69, 9.17) is 5.73 Å². The molecule has 1 aromatic rings. The number of hydrogen-bond donors (Lipinski definition) is 3. The predicted octanol–water partition coefficient (Wildman–Crippen LogP) is -0.970. The number of β-lactam (4-membered cyclic amide) rings is 1. The molecule has 4 aliphatic rings. The highest BCUT2D eigenvalue weighted by molar-refractivity contribution is 8.03. The lowest BCUT2D eigenvalue weighted by atomic mass is 9.78. The number of nitrogens with one attached hydrogen (secondary N) is 1. The lowest BCUT2D eigenvalue weighted by Crippen LogP contribution is -2.62. The summed E-state index contributed by atoms with van der Waals surface area (Å²) in [7, 11) is 0. The Balaban J connectivity index is 1.30. The van der Waals surface area contributed by atoms with Crippen LogP contribution in [0, 0.1) is 11.8 Å². The molecule has 3 saturated heterocycles. The lowest BCUT2D eigenvalue weighted by Gasteiger charge is -2.47. The molecule has 0 aromatic carbocycles. The number of aromatic nitrogens is 4. The number of thioether (sulfide) groups is 1. The van der Waals surface area contributed by atoms with Gasteiger partial charge in [-0.25, -0.2) is 9.48 Å². The Labute approximate surface area is 194 Å². The maximum absolute atomic E-state index is 13.0. The first-order valence-corrected chi connectivity index (χ1v) is 12.1. The fourth-order valence-electron chi connectivity index (χ4n) is 5.57. The fourth-order valence-corrected chi connectivity index (χ4v) is 7.05. The topological polar surface area (TPSA) is 160 Å². The Kier molecular flexibility index (Phi) is 5.65. The van der Waals surface area contributed by atoms with Crippen LogP contribution in [0.3, 0.4) is 0 Å². The van der Waals surface area contributed by atoms with E-state index in [1.807, 2.05) is 18.7 Å². The van der Waals surface area contributed by atoms with Gasteiger partial charge in [-0.15, -0.1) is 16.9 Å². The van der Waals surface area contributed by atoms with Crippen LogP contribution >= 0.6 is 11.8 Å². The second-order valence-corrected chi connectivity index (χ2v) is 10.7. The van der Waals surface area contributed by atoms with Crippen LogP contribution in [0.1, 0.15) is 32.7 Å². The molecule has 5 heterocycles. The van der Waals surface area contributed by atoms with Gasteiger partial charge in [-0.2, -0.15) is 0 Å². The van der Waals surface area contributed by atoms with Crippen LogP contribution < -0.4 is 11.1 Å². The number of nitrogens with two attached hydrogens (primary N) is 1. The van der Waals surface area contributed by atoms with Gasteiger partial charge >= 0.3 is 5.97 Å². The summed E-state index contributed by atoms with van der Waals surface area (Å²) in [6.07, 6.45) is 2.90. The van der Waals surface area contributed by atoms with Gasteiger partial charge in [-0.05, 0) is 30.2 Å². The Bertz CT molecular complexity index is 1000. The van der Waals surface area contributed by atoms with Crippen molar-refractivity contribution in [3.8, 4) is 0 Å². The van der Waals surface area contributed by atoms with Crippen molar-refractivity contribution in [2.45, 2.75) is 56.1 Å². The predicted molar refractivity (Wildman–Crippen MR) is 117 cm³/mol. The number of carboxylic acid groups (broad SMARTS) is 1. The molecule has 0 radical (unpaired) electrons. The number of tetrazole rings is 1. The van der Waals surface area contributed by atoms with Crippen molar-refractivity contribution in [2.75, 3.05) is 19.6 Å². The summed E-state index contributed by atoms with van der Waals surface area (Å²) in [6, 6.07) is -0.778. The molecule has 0 spiro atoms. The van der Waals surface area contributed by atoms with Gasteiger partial charge in [0.1, 0.15) is 12.0 Å². The summed E-state index contributed by atoms with van der Waals surface area (Å²) in [4.78, 5) is 41.9. The number of hydrogen-bond acceptors (Lipinski definition) is 9. The van der Waals surface area contributed by atoms with E-state index < -0.39 is 11.9 Å². The van der Waals surface area contributed by atoms with Gasteiger partial charge in [0.2, 0.25) is 11.8 Å². The van der Waals surface area contributed by atoms with E-state index in [9.17, 15) is 19.5 Å². The van der Waals surface area contributed by atoms with E-state index >= 15 is 0 Å². The van der Waals surface area contributed by atoms with E-state index in [1.54, 1.807) is 4.68 Å².